The predicted molar refractivity (Wildman–Crippen MR) is 92.2 cm³/mol. The molecule has 0 fully saturated rings. The molecule has 3 aromatic rings. The lowest BCUT2D eigenvalue weighted by Crippen LogP contribution is -2.19. The van der Waals surface area contributed by atoms with Crippen molar-refractivity contribution in [1.29, 1.82) is 0 Å². The molecule has 0 aliphatic heterocycles. The standard InChI is InChI=1S/C17H14F3N5O2/c1-27-12-5-3-2-4-9(12)14-10(17(18,19)20)8-11(21)15(24-14)16(26)23-13-6-7-22-25-13/h2-8H,21H2,1H3,(H2,22,23,25,26). The molecule has 3 rings (SSSR count). The molecule has 0 aliphatic rings. The molecule has 1 aromatic carbocycles. The minimum atomic E-state index is -4.73. The Morgan fingerprint density at radius 1 is 1.26 bits per heavy atom. The van der Waals surface area contributed by atoms with Crippen LogP contribution >= 0.6 is 0 Å². The number of anilines is 2. The second-order valence-electron chi connectivity index (χ2n) is 5.43. The molecule has 0 spiro atoms. The van der Waals surface area contributed by atoms with Crippen LogP contribution in [0.15, 0.2) is 42.6 Å². The summed E-state index contributed by atoms with van der Waals surface area (Å²) in [6.45, 7) is 0. The van der Waals surface area contributed by atoms with E-state index >= 15 is 0 Å². The van der Waals surface area contributed by atoms with E-state index in [1.54, 1.807) is 12.1 Å². The highest BCUT2D eigenvalue weighted by atomic mass is 19.4. The van der Waals surface area contributed by atoms with Crippen molar-refractivity contribution in [2.24, 2.45) is 0 Å². The maximum Gasteiger partial charge on any atom is 0.418 e. The van der Waals surface area contributed by atoms with Gasteiger partial charge in [0.2, 0.25) is 0 Å². The lowest BCUT2D eigenvalue weighted by Gasteiger charge is -2.17. The molecular weight excluding hydrogens is 363 g/mol. The lowest BCUT2D eigenvalue weighted by atomic mass is 10.0. The van der Waals surface area contributed by atoms with Crippen LogP contribution in [0.1, 0.15) is 16.1 Å². The summed E-state index contributed by atoms with van der Waals surface area (Å²) >= 11 is 0. The largest absolute Gasteiger partial charge is 0.496 e. The first-order chi connectivity index (χ1) is 12.8. The molecule has 0 saturated heterocycles. The van der Waals surface area contributed by atoms with Crippen LogP contribution in [-0.4, -0.2) is 28.2 Å². The number of hydrogen-bond donors (Lipinski definition) is 3. The number of hydrogen-bond acceptors (Lipinski definition) is 5. The second-order valence-corrected chi connectivity index (χ2v) is 5.43. The molecule has 4 N–H and O–H groups in total. The molecule has 10 heteroatoms. The van der Waals surface area contributed by atoms with Gasteiger partial charge in [0.05, 0.1) is 24.1 Å². The molecule has 0 atom stereocenters. The van der Waals surface area contributed by atoms with Crippen molar-refractivity contribution in [3.05, 3.63) is 53.9 Å². The van der Waals surface area contributed by atoms with Gasteiger partial charge < -0.3 is 15.8 Å². The van der Waals surface area contributed by atoms with Crippen molar-refractivity contribution < 1.29 is 22.7 Å². The zero-order valence-corrected chi connectivity index (χ0v) is 14.0. The van der Waals surface area contributed by atoms with Crippen LogP contribution in [0, 0.1) is 0 Å². The van der Waals surface area contributed by atoms with E-state index in [-0.39, 0.29) is 22.8 Å². The van der Waals surface area contributed by atoms with Crippen LogP contribution in [0.3, 0.4) is 0 Å². The molecule has 0 radical (unpaired) electrons. The first kappa shape index (κ1) is 18.2. The summed E-state index contributed by atoms with van der Waals surface area (Å²) in [5.41, 5.74) is 3.48. The van der Waals surface area contributed by atoms with Gasteiger partial charge in [0.1, 0.15) is 5.75 Å². The van der Waals surface area contributed by atoms with Crippen LogP contribution in [-0.2, 0) is 6.18 Å². The number of carbonyl (C=O) groups excluding carboxylic acids is 1. The number of halogens is 3. The number of benzene rings is 1. The van der Waals surface area contributed by atoms with Crippen molar-refractivity contribution in [3.8, 4) is 17.0 Å². The Bertz CT molecular complexity index is 971. The van der Waals surface area contributed by atoms with Crippen molar-refractivity contribution in [1.82, 2.24) is 15.2 Å². The Morgan fingerprint density at radius 2 is 2.00 bits per heavy atom. The third-order valence-corrected chi connectivity index (χ3v) is 3.68. The number of rotatable bonds is 4. The number of methoxy groups -OCH3 is 1. The van der Waals surface area contributed by atoms with Crippen molar-refractivity contribution >= 4 is 17.4 Å². The van der Waals surface area contributed by atoms with Gasteiger partial charge in [-0.05, 0) is 18.2 Å². The fourth-order valence-electron chi connectivity index (χ4n) is 2.48. The van der Waals surface area contributed by atoms with Crippen LogP contribution in [0.25, 0.3) is 11.3 Å². The third kappa shape index (κ3) is 3.68. The highest BCUT2D eigenvalue weighted by Gasteiger charge is 2.36. The summed E-state index contributed by atoms with van der Waals surface area (Å²) in [5.74, 6) is -0.427. The number of nitrogens with zero attached hydrogens (tertiary/aromatic N) is 2. The van der Waals surface area contributed by atoms with Gasteiger partial charge in [-0.2, -0.15) is 18.3 Å². The van der Waals surface area contributed by atoms with E-state index in [0.717, 1.165) is 0 Å². The van der Waals surface area contributed by atoms with Gasteiger partial charge in [0, 0.05) is 17.8 Å². The minimum absolute atomic E-state index is 0.0844. The number of aromatic amines is 1. The van der Waals surface area contributed by atoms with Gasteiger partial charge in [0.15, 0.2) is 11.5 Å². The molecule has 2 aromatic heterocycles. The summed E-state index contributed by atoms with van der Waals surface area (Å²) < 4.78 is 45.7. The molecule has 7 nitrogen and oxygen atoms in total. The summed E-state index contributed by atoms with van der Waals surface area (Å²) in [4.78, 5) is 16.3. The molecular formula is C17H14F3N5O2. The van der Waals surface area contributed by atoms with E-state index in [9.17, 15) is 18.0 Å². The molecule has 0 unspecified atom stereocenters. The van der Waals surface area contributed by atoms with E-state index in [1.807, 2.05) is 0 Å². The highest BCUT2D eigenvalue weighted by molar-refractivity contribution is 6.06. The van der Waals surface area contributed by atoms with Gasteiger partial charge in [-0.15, -0.1) is 0 Å². The number of carbonyl (C=O) groups is 1. The fourth-order valence-corrected chi connectivity index (χ4v) is 2.48. The Hall–Kier alpha value is -3.56. The van der Waals surface area contributed by atoms with Crippen molar-refractivity contribution in [2.45, 2.75) is 6.18 Å². The summed E-state index contributed by atoms with van der Waals surface area (Å²) in [6.07, 6.45) is -3.26. The Morgan fingerprint density at radius 3 is 2.63 bits per heavy atom. The highest BCUT2D eigenvalue weighted by Crippen LogP contribution is 2.40. The van der Waals surface area contributed by atoms with Gasteiger partial charge in [0.25, 0.3) is 5.91 Å². The summed E-state index contributed by atoms with van der Waals surface area (Å²) in [6, 6.07) is 8.23. The number of pyridine rings is 1. The number of aromatic nitrogens is 3. The van der Waals surface area contributed by atoms with Crippen molar-refractivity contribution in [3.63, 3.8) is 0 Å². The third-order valence-electron chi connectivity index (χ3n) is 3.68. The average molecular weight is 377 g/mol. The molecule has 0 bridgehead atoms. The monoisotopic (exact) mass is 377 g/mol. The zero-order chi connectivity index (χ0) is 19.6. The normalized spacial score (nSPS) is 11.3. The van der Waals surface area contributed by atoms with Crippen LogP contribution < -0.4 is 15.8 Å². The number of H-pyrrole nitrogens is 1. The average Bonchev–Trinajstić information content (AvgIpc) is 3.13. The summed E-state index contributed by atoms with van der Waals surface area (Å²) in [5, 5.41) is 8.66. The Kier molecular flexibility index (Phi) is 4.72. The zero-order valence-electron chi connectivity index (χ0n) is 14.0. The first-order valence-corrected chi connectivity index (χ1v) is 7.63. The Balaban J connectivity index is 2.16. The number of amides is 1. The molecule has 140 valence electrons. The van der Waals surface area contributed by atoms with Crippen LogP contribution in [0.2, 0.25) is 0 Å². The SMILES string of the molecule is COc1ccccc1-c1nc(C(=O)Nc2cc[nH]n2)c(N)cc1C(F)(F)F. The van der Waals surface area contributed by atoms with Gasteiger partial charge >= 0.3 is 6.18 Å². The van der Waals surface area contributed by atoms with Gasteiger partial charge in [-0.25, -0.2) is 4.98 Å². The number of nitrogen functional groups attached to an aromatic ring is 1. The second kappa shape index (κ2) is 6.98. The lowest BCUT2D eigenvalue weighted by molar-refractivity contribution is -0.137. The number of para-hydroxylation sites is 1. The van der Waals surface area contributed by atoms with E-state index in [4.69, 9.17) is 10.5 Å². The van der Waals surface area contributed by atoms with E-state index in [0.29, 0.717) is 6.07 Å². The Labute approximate surface area is 151 Å². The smallest absolute Gasteiger partial charge is 0.418 e. The van der Waals surface area contributed by atoms with E-state index in [2.05, 4.69) is 20.5 Å². The number of nitrogens with two attached hydrogens (primary N) is 1. The molecule has 0 saturated carbocycles. The molecule has 0 aliphatic carbocycles. The predicted octanol–water partition coefficient (Wildman–Crippen LogP) is 3.33. The fraction of sp³-hybridized carbons (Fsp3) is 0.118. The maximum absolute atomic E-state index is 13.5. The van der Waals surface area contributed by atoms with E-state index in [1.165, 1.54) is 31.5 Å². The quantitative estimate of drug-likeness (QED) is 0.647. The summed E-state index contributed by atoms with van der Waals surface area (Å²) in [7, 11) is 1.33. The minimum Gasteiger partial charge on any atom is -0.496 e. The number of nitrogens with one attached hydrogen (secondary N) is 2. The molecule has 2 heterocycles. The number of alkyl halides is 3. The van der Waals surface area contributed by atoms with Crippen LogP contribution in [0.4, 0.5) is 24.7 Å². The first-order valence-electron chi connectivity index (χ1n) is 7.63. The van der Waals surface area contributed by atoms with Crippen LogP contribution in [0.5, 0.6) is 5.75 Å². The van der Waals surface area contributed by atoms with Gasteiger partial charge in [-0.3, -0.25) is 9.89 Å². The van der Waals surface area contributed by atoms with E-state index < -0.39 is 29.0 Å². The number of ether oxygens (including phenoxy) is 1. The van der Waals surface area contributed by atoms with Gasteiger partial charge in [-0.1, -0.05) is 12.1 Å². The van der Waals surface area contributed by atoms with Crippen molar-refractivity contribution in [2.75, 3.05) is 18.2 Å². The molecule has 27 heavy (non-hydrogen) atoms. The molecule has 1 amide bonds. The topological polar surface area (TPSA) is 106 Å². The maximum atomic E-state index is 13.5.